The summed E-state index contributed by atoms with van der Waals surface area (Å²) < 4.78 is 15.9. The maximum absolute atomic E-state index is 12.9. The highest BCUT2D eigenvalue weighted by Crippen LogP contribution is 2.28. The van der Waals surface area contributed by atoms with Gasteiger partial charge in [-0.2, -0.15) is 4.99 Å². The zero-order valence-electron chi connectivity index (χ0n) is 37.7. The third-order valence-electron chi connectivity index (χ3n) is 10.2. The highest BCUT2D eigenvalue weighted by molar-refractivity contribution is 5.99. The minimum Gasteiger partial charge on any atom is -0.426 e. The fraction of sp³-hybridized carbons (Fsp3) is 0.240. The summed E-state index contributed by atoms with van der Waals surface area (Å²) in [5.41, 5.74) is 4.80. The fourth-order valence-electron chi connectivity index (χ4n) is 6.37. The number of amides is 2. The predicted molar refractivity (Wildman–Crippen MR) is 244 cm³/mol. The quantitative estimate of drug-likeness (QED) is 0.0181. The van der Waals surface area contributed by atoms with E-state index in [1.807, 2.05) is 18.2 Å². The Morgan fingerprint density at radius 1 is 0.621 bits per heavy atom. The topological polar surface area (TPSA) is 216 Å². The molecule has 0 aliphatic rings. The number of aliphatic imine (C=N–C) groups is 1. The Morgan fingerprint density at radius 2 is 1.08 bits per heavy atom. The van der Waals surface area contributed by atoms with Gasteiger partial charge in [-0.3, -0.25) is 19.3 Å². The molecule has 0 heterocycles. The van der Waals surface area contributed by atoms with Gasteiger partial charge in [-0.05, 0) is 161 Å². The van der Waals surface area contributed by atoms with Gasteiger partial charge in [0.15, 0.2) is 0 Å². The molecule has 0 radical (unpaired) electrons. The maximum Gasteiger partial charge on any atom is 0.434 e. The molecular weight excluding hydrogens is 845 g/mol. The summed E-state index contributed by atoms with van der Waals surface area (Å²) in [4.78, 5) is 75.7. The second-order valence-corrected chi connectivity index (χ2v) is 16.2. The molecule has 0 unspecified atom stereocenters. The molecule has 0 aliphatic carbocycles. The van der Waals surface area contributed by atoms with Gasteiger partial charge in [0, 0.05) is 0 Å². The molecule has 5 aromatic carbocycles. The Balaban J connectivity index is 1.10. The van der Waals surface area contributed by atoms with Crippen molar-refractivity contribution in [1.29, 1.82) is 5.26 Å². The van der Waals surface area contributed by atoms with Crippen LogP contribution in [0.3, 0.4) is 0 Å². The van der Waals surface area contributed by atoms with Crippen molar-refractivity contribution in [2.45, 2.75) is 79.3 Å². The van der Waals surface area contributed by atoms with Crippen LogP contribution in [0.25, 0.3) is 0 Å². The van der Waals surface area contributed by atoms with E-state index < -0.39 is 35.2 Å². The van der Waals surface area contributed by atoms with Crippen LogP contribution in [0.1, 0.15) is 86.1 Å². The van der Waals surface area contributed by atoms with Crippen molar-refractivity contribution in [1.82, 2.24) is 10.6 Å². The van der Waals surface area contributed by atoms with E-state index in [4.69, 9.17) is 29.1 Å². The summed E-state index contributed by atoms with van der Waals surface area (Å²) in [7, 11) is 0. The Kier molecular flexibility index (Phi) is 16.1. The zero-order valence-corrected chi connectivity index (χ0v) is 37.7. The van der Waals surface area contributed by atoms with Gasteiger partial charge < -0.3 is 24.8 Å². The highest BCUT2D eigenvalue weighted by atomic mass is 16.7. The number of oxime groups is 2. The number of carbonyl (C=O) groups is 4. The van der Waals surface area contributed by atoms with E-state index in [0.29, 0.717) is 67.7 Å². The molecule has 0 aliphatic heterocycles. The SMILES string of the molecule is C/C(=N\OC(=O)NC(C)(C)c1cccc(C(C)(C)NC(=O)O/N=C(\C)c2ccc(OC(=O)Cc3ccc(C)c(OC#N)c3)cc2)c1)c1ccc(OC(=O)Cc2ccc(C)c(N=C=O)c2)cc1. The number of ether oxygens (including phenoxy) is 3. The number of nitrogens with one attached hydrogen (secondary N) is 2. The van der Waals surface area contributed by atoms with Crippen molar-refractivity contribution in [2.24, 2.45) is 15.3 Å². The summed E-state index contributed by atoms with van der Waals surface area (Å²) in [6, 6.07) is 30.6. The molecule has 5 rings (SSSR count). The van der Waals surface area contributed by atoms with E-state index in [-0.39, 0.29) is 12.8 Å². The summed E-state index contributed by atoms with van der Waals surface area (Å²) in [6.45, 7) is 14.1. The molecule has 0 atom stereocenters. The molecular formula is C50H48N6O10. The number of nitrogens with zero attached hydrogens (tertiary/aromatic N) is 4. The monoisotopic (exact) mass is 892 g/mol. The number of hydrogen-bond acceptors (Lipinski definition) is 14. The Morgan fingerprint density at radius 3 is 1.53 bits per heavy atom. The number of carbonyl (C=O) groups excluding carboxylic acids is 5. The van der Waals surface area contributed by atoms with Crippen LogP contribution >= 0.6 is 0 Å². The zero-order chi connectivity index (χ0) is 48.0. The van der Waals surface area contributed by atoms with Gasteiger partial charge in [-0.1, -0.05) is 58.8 Å². The van der Waals surface area contributed by atoms with Gasteiger partial charge in [0.25, 0.3) is 6.26 Å². The van der Waals surface area contributed by atoms with Gasteiger partial charge in [0.05, 0.1) is 41.0 Å². The van der Waals surface area contributed by atoms with Crippen LogP contribution < -0.4 is 24.8 Å². The van der Waals surface area contributed by atoms with E-state index in [1.54, 1.807) is 153 Å². The second-order valence-electron chi connectivity index (χ2n) is 16.2. The van der Waals surface area contributed by atoms with E-state index in [9.17, 15) is 24.0 Å². The predicted octanol–water partition coefficient (Wildman–Crippen LogP) is 9.20. The Labute approximate surface area is 381 Å². The molecule has 0 spiro atoms. The van der Waals surface area contributed by atoms with Gasteiger partial charge in [0.1, 0.15) is 17.2 Å². The average Bonchev–Trinajstić information content (AvgIpc) is 3.27. The maximum atomic E-state index is 12.9. The Bertz CT molecular complexity index is 2770. The minimum atomic E-state index is -0.936. The molecule has 0 saturated heterocycles. The molecule has 338 valence electrons. The number of rotatable bonds is 16. The average molecular weight is 893 g/mol. The van der Waals surface area contributed by atoms with Crippen molar-refractivity contribution in [3.05, 3.63) is 154 Å². The van der Waals surface area contributed by atoms with Crippen LogP contribution in [-0.2, 0) is 48.0 Å². The summed E-state index contributed by atoms with van der Waals surface area (Å²) >= 11 is 0. The van der Waals surface area contributed by atoms with Gasteiger partial charge in [0.2, 0.25) is 6.08 Å². The van der Waals surface area contributed by atoms with Crippen LogP contribution in [0, 0.1) is 25.4 Å². The smallest absolute Gasteiger partial charge is 0.426 e. The van der Waals surface area contributed by atoms with Gasteiger partial charge >= 0.3 is 24.1 Å². The third-order valence-corrected chi connectivity index (χ3v) is 10.2. The summed E-state index contributed by atoms with van der Waals surface area (Å²) in [6.07, 6.45) is 1.47. The number of benzene rings is 5. The molecule has 0 fully saturated rings. The summed E-state index contributed by atoms with van der Waals surface area (Å²) in [5, 5.41) is 22.4. The van der Waals surface area contributed by atoms with Crippen molar-refractivity contribution in [3.8, 4) is 23.5 Å². The number of aryl methyl sites for hydroxylation is 2. The molecule has 16 nitrogen and oxygen atoms in total. The van der Waals surface area contributed by atoms with Crippen LogP contribution in [0.2, 0.25) is 0 Å². The molecule has 0 saturated carbocycles. The van der Waals surface area contributed by atoms with Crippen molar-refractivity contribution < 1.29 is 47.9 Å². The van der Waals surface area contributed by atoms with E-state index >= 15 is 0 Å². The molecule has 2 N–H and O–H groups in total. The van der Waals surface area contributed by atoms with Crippen LogP contribution in [0.4, 0.5) is 15.3 Å². The number of esters is 2. The molecule has 2 amide bonds. The van der Waals surface area contributed by atoms with Crippen molar-refractivity contribution in [2.75, 3.05) is 0 Å². The van der Waals surface area contributed by atoms with Crippen LogP contribution in [0.5, 0.6) is 17.2 Å². The lowest BCUT2D eigenvalue weighted by Gasteiger charge is -2.30. The molecule has 0 aromatic heterocycles. The van der Waals surface area contributed by atoms with Crippen molar-refractivity contribution in [3.63, 3.8) is 0 Å². The molecule has 0 bridgehead atoms. The minimum absolute atomic E-state index is 0.0301. The van der Waals surface area contributed by atoms with Crippen molar-refractivity contribution >= 4 is 47.3 Å². The van der Waals surface area contributed by atoms with Crippen LogP contribution in [-0.4, -0.2) is 41.6 Å². The standard InChI is InChI=1S/C50H48N6O10/c1-31-12-14-35(24-43(31)52-30-57)26-45(58)63-41-20-16-37(17-21-41)33(3)55-65-47(60)53-49(5,6)39-10-9-11-40(28-39)50(7,8)54-48(61)66-56-34(4)38-18-22-42(23-19-38)64-46(59)27-36-15-13-32(2)44(25-36)62-29-51/h9-25,28H,26-27H2,1-8H3,(H,53,60)(H,54,61)/b55-33+,56-34+. The second kappa shape index (κ2) is 21.8. The normalized spacial score (nSPS) is 11.6. The molecule has 16 heteroatoms. The van der Waals surface area contributed by atoms with Crippen LogP contribution in [0.15, 0.2) is 124 Å². The summed E-state index contributed by atoms with van der Waals surface area (Å²) in [5.74, 6) is -0.0258. The molecule has 5 aromatic rings. The lowest BCUT2D eigenvalue weighted by atomic mass is 9.87. The number of hydrogen-bond donors (Lipinski definition) is 2. The largest absolute Gasteiger partial charge is 0.434 e. The lowest BCUT2D eigenvalue weighted by molar-refractivity contribution is -0.134. The third kappa shape index (κ3) is 13.8. The lowest BCUT2D eigenvalue weighted by Crippen LogP contribution is -2.43. The van der Waals surface area contributed by atoms with Gasteiger partial charge in [-0.15, -0.1) is 5.26 Å². The van der Waals surface area contributed by atoms with E-state index in [1.165, 1.54) is 6.08 Å². The Hall–Kier alpha value is -8.41. The fourth-order valence-corrected chi connectivity index (χ4v) is 6.37. The van der Waals surface area contributed by atoms with E-state index in [2.05, 4.69) is 25.9 Å². The highest BCUT2D eigenvalue weighted by Gasteiger charge is 2.29. The first-order valence-corrected chi connectivity index (χ1v) is 20.5. The number of nitriles is 1. The molecule has 66 heavy (non-hydrogen) atoms. The first-order chi connectivity index (χ1) is 31.3. The van der Waals surface area contributed by atoms with E-state index in [0.717, 1.165) is 11.1 Å². The first-order valence-electron chi connectivity index (χ1n) is 20.5. The first kappa shape index (κ1) is 48.6. The number of isocyanates is 1. The van der Waals surface area contributed by atoms with Gasteiger partial charge in [-0.25, -0.2) is 14.4 Å².